The van der Waals surface area contributed by atoms with Crippen molar-refractivity contribution in [2.75, 3.05) is 13.1 Å². The summed E-state index contributed by atoms with van der Waals surface area (Å²) in [5, 5.41) is 4.18. The summed E-state index contributed by atoms with van der Waals surface area (Å²) in [7, 11) is 1.85. The Kier molecular flexibility index (Phi) is 3.94. The average Bonchev–Trinajstić information content (AvgIpc) is 3.21. The lowest BCUT2D eigenvalue weighted by molar-refractivity contribution is 0.0703. The Hall–Kier alpha value is -2.44. The Morgan fingerprint density at radius 2 is 2.12 bits per heavy atom. The van der Waals surface area contributed by atoms with Crippen molar-refractivity contribution in [2.45, 2.75) is 45.1 Å². The number of likely N-dealkylation sites (tertiary alicyclic amines) is 1. The van der Waals surface area contributed by atoms with Crippen molar-refractivity contribution in [3.05, 3.63) is 45.4 Å². The molecule has 0 unspecified atom stereocenters. The fourth-order valence-corrected chi connectivity index (χ4v) is 4.04. The van der Waals surface area contributed by atoms with Crippen LogP contribution in [0.4, 0.5) is 0 Å². The molecule has 2 aromatic heterocycles. The van der Waals surface area contributed by atoms with Crippen LogP contribution in [0.3, 0.4) is 0 Å². The number of nitrogens with zero attached hydrogens (tertiary/aromatic N) is 5. The highest BCUT2D eigenvalue weighted by molar-refractivity contribution is 5.95. The minimum Gasteiger partial charge on any atom is -0.338 e. The Bertz CT molecular complexity index is 882. The second kappa shape index (κ2) is 6.13. The van der Waals surface area contributed by atoms with Gasteiger partial charge in [-0.2, -0.15) is 10.1 Å². The average molecular weight is 341 g/mol. The van der Waals surface area contributed by atoms with Gasteiger partial charge in [0.25, 0.3) is 11.5 Å². The molecule has 0 N–H and O–H groups in total. The van der Waals surface area contributed by atoms with Crippen molar-refractivity contribution in [3.8, 4) is 0 Å². The van der Waals surface area contributed by atoms with E-state index in [4.69, 9.17) is 0 Å². The van der Waals surface area contributed by atoms with Gasteiger partial charge in [0.1, 0.15) is 5.82 Å². The number of aromatic nitrogens is 4. The Labute approximate surface area is 146 Å². The van der Waals surface area contributed by atoms with Gasteiger partial charge in [0.05, 0.1) is 11.8 Å². The minimum absolute atomic E-state index is 0.0355. The van der Waals surface area contributed by atoms with Crippen molar-refractivity contribution in [3.63, 3.8) is 0 Å². The highest BCUT2D eigenvalue weighted by Crippen LogP contribution is 2.29. The molecule has 0 aromatic carbocycles. The quantitative estimate of drug-likeness (QED) is 0.824. The number of aryl methyl sites for hydroxylation is 2. The Balaban J connectivity index is 1.61. The molecule has 2 aliphatic rings. The third-order valence-electron chi connectivity index (χ3n) is 5.51. The molecule has 0 aliphatic carbocycles. The first kappa shape index (κ1) is 16.1. The van der Waals surface area contributed by atoms with Gasteiger partial charge in [0, 0.05) is 56.5 Å². The predicted molar refractivity (Wildman–Crippen MR) is 92.6 cm³/mol. The second-order valence-electron chi connectivity index (χ2n) is 7.05. The summed E-state index contributed by atoms with van der Waals surface area (Å²) in [4.78, 5) is 30.9. The smallest absolute Gasteiger partial charge is 0.273 e. The van der Waals surface area contributed by atoms with Gasteiger partial charge in [0.15, 0.2) is 0 Å². The number of fused-ring (bicyclic) bond motifs is 1. The minimum atomic E-state index is -0.158. The van der Waals surface area contributed by atoms with Crippen molar-refractivity contribution >= 4 is 5.91 Å². The SMILES string of the molecule is Cc1c(C(=O)N2CCC[C@H](c3cc(=O)nc4n3CCC4)C2)cnn1C. The predicted octanol–water partition coefficient (Wildman–Crippen LogP) is 1.25. The van der Waals surface area contributed by atoms with Crippen LogP contribution in [0.15, 0.2) is 17.1 Å². The van der Waals surface area contributed by atoms with Crippen LogP contribution in [0.25, 0.3) is 0 Å². The third kappa shape index (κ3) is 2.77. The lowest BCUT2D eigenvalue weighted by atomic mass is 9.93. The van der Waals surface area contributed by atoms with Crippen LogP contribution in [0.5, 0.6) is 0 Å². The van der Waals surface area contributed by atoms with E-state index in [1.54, 1.807) is 16.9 Å². The van der Waals surface area contributed by atoms with Crippen LogP contribution >= 0.6 is 0 Å². The molecule has 0 spiro atoms. The fourth-order valence-electron chi connectivity index (χ4n) is 4.04. The first-order valence-electron chi connectivity index (χ1n) is 8.93. The first-order valence-corrected chi connectivity index (χ1v) is 8.93. The molecular formula is C18H23N5O2. The summed E-state index contributed by atoms with van der Waals surface area (Å²) >= 11 is 0. The highest BCUT2D eigenvalue weighted by Gasteiger charge is 2.30. The monoisotopic (exact) mass is 341 g/mol. The summed E-state index contributed by atoms with van der Waals surface area (Å²) in [6.07, 6.45) is 5.50. The van der Waals surface area contributed by atoms with Crippen LogP contribution < -0.4 is 5.56 Å². The number of hydrogen-bond donors (Lipinski definition) is 0. The topological polar surface area (TPSA) is 73.0 Å². The van der Waals surface area contributed by atoms with Gasteiger partial charge in [-0.25, -0.2) is 0 Å². The van der Waals surface area contributed by atoms with E-state index in [0.29, 0.717) is 12.1 Å². The van der Waals surface area contributed by atoms with E-state index in [1.165, 1.54) is 0 Å². The molecule has 4 rings (SSSR count). The molecule has 0 bridgehead atoms. The van der Waals surface area contributed by atoms with E-state index in [-0.39, 0.29) is 17.4 Å². The number of carbonyl (C=O) groups is 1. The van der Waals surface area contributed by atoms with Crippen molar-refractivity contribution < 1.29 is 4.79 Å². The third-order valence-corrected chi connectivity index (χ3v) is 5.51. The van der Waals surface area contributed by atoms with Gasteiger partial charge in [-0.1, -0.05) is 0 Å². The zero-order valence-electron chi connectivity index (χ0n) is 14.7. The number of rotatable bonds is 2. The molecule has 7 heteroatoms. The fraction of sp³-hybridized carbons (Fsp3) is 0.556. The van der Waals surface area contributed by atoms with Gasteiger partial charge >= 0.3 is 0 Å². The second-order valence-corrected chi connectivity index (χ2v) is 7.05. The maximum absolute atomic E-state index is 12.9. The van der Waals surface area contributed by atoms with Crippen molar-refractivity contribution in [1.82, 2.24) is 24.2 Å². The van der Waals surface area contributed by atoms with Crippen LogP contribution in [0.1, 0.15) is 52.8 Å². The molecule has 0 radical (unpaired) electrons. The summed E-state index contributed by atoms with van der Waals surface area (Å²) in [6.45, 7) is 4.24. The number of piperidine rings is 1. The van der Waals surface area contributed by atoms with E-state index >= 15 is 0 Å². The lowest BCUT2D eigenvalue weighted by Crippen LogP contribution is -2.40. The molecule has 1 fully saturated rings. The molecule has 2 aromatic rings. The van der Waals surface area contributed by atoms with E-state index in [1.807, 2.05) is 18.9 Å². The zero-order valence-corrected chi connectivity index (χ0v) is 14.7. The molecule has 132 valence electrons. The normalized spacial score (nSPS) is 19.9. The van der Waals surface area contributed by atoms with Crippen molar-refractivity contribution in [2.24, 2.45) is 7.05 Å². The summed E-state index contributed by atoms with van der Waals surface area (Å²) in [5.74, 6) is 1.13. The highest BCUT2D eigenvalue weighted by atomic mass is 16.2. The van der Waals surface area contributed by atoms with E-state index in [9.17, 15) is 9.59 Å². The van der Waals surface area contributed by atoms with E-state index < -0.39 is 0 Å². The molecule has 25 heavy (non-hydrogen) atoms. The van der Waals surface area contributed by atoms with Gasteiger partial charge < -0.3 is 9.47 Å². The molecule has 1 atom stereocenters. The lowest BCUT2D eigenvalue weighted by Gasteiger charge is -2.34. The molecular weight excluding hydrogens is 318 g/mol. The maximum atomic E-state index is 12.9. The van der Waals surface area contributed by atoms with Gasteiger partial charge in [-0.05, 0) is 26.2 Å². The van der Waals surface area contributed by atoms with Crippen LogP contribution in [-0.4, -0.2) is 43.2 Å². The molecule has 1 saturated heterocycles. The molecule has 4 heterocycles. The standard InChI is InChI=1S/C18H23N5O2/c1-12-14(10-19-21(12)2)18(25)22-7-3-5-13(11-22)15-9-17(24)20-16-6-4-8-23(15)16/h9-10,13H,3-8,11H2,1-2H3/t13-/m0/s1. The van der Waals surface area contributed by atoms with E-state index in [2.05, 4.69) is 14.6 Å². The van der Waals surface area contributed by atoms with Crippen LogP contribution in [0.2, 0.25) is 0 Å². The van der Waals surface area contributed by atoms with Crippen LogP contribution in [-0.2, 0) is 20.0 Å². The molecule has 2 aliphatic heterocycles. The maximum Gasteiger partial charge on any atom is 0.273 e. The van der Waals surface area contributed by atoms with Gasteiger partial charge in [-0.15, -0.1) is 0 Å². The van der Waals surface area contributed by atoms with Gasteiger partial charge in [0.2, 0.25) is 0 Å². The number of amides is 1. The van der Waals surface area contributed by atoms with Crippen LogP contribution in [0, 0.1) is 6.92 Å². The first-order chi connectivity index (χ1) is 12.0. The Morgan fingerprint density at radius 3 is 2.88 bits per heavy atom. The Morgan fingerprint density at radius 1 is 1.28 bits per heavy atom. The zero-order chi connectivity index (χ0) is 17.6. The molecule has 0 saturated carbocycles. The number of hydrogen-bond acceptors (Lipinski definition) is 4. The largest absolute Gasteiger partial charge is 0.338 e. The summed E-state index contributed by atoms with van der Waals surface area (Å²) in [6, 6.07) is 1.67. The summed E-state index contributed by atoms with van der Waals surface area (Å²) in [5.41, 5.74) is 2.44. The van der Waals surface area contributed by atoms with Gasteiger partial charge in [-0.3, -0.25) is 14.3 Å². The van der Waals surface area contributed by atoms with Crippen molar-refractivity contribution in [1.29, 1.82) is 0 Å². The number of carbonyl (C=O) groups excluding carboxylic acids is 1. The van der Waals surface area contributed by atoms with E-state index in [0.717, 1.165) is 56.0 Å². The molecule has 1 amide bonds. The molecule has 7 nitrogen and oxygen atoms in total. The summed E-state index contributed by atoms with van der Waals surface area (Å²) < 4.78 is 3.92.